The van der Waals surface area contributed by atoms with Crippen molar-refractivity contribution in [1.29, 1.82) is 5.26 Å². The summed E-state index contributed by atoms with van der Waals surface area (Å²) < 4.78 is 21.8. The van der Waals surface area contributed by atoms with Crippen LogP contribution in [-0.4, -0.2) is 50.0 Å². The van der Waals surface area contributed by atoms with Gasteiger partial charge in [0.1, 0.15) is 40.6 Å². The molecule has 15 heteroatoms. The number of phenols is 2. The van der Waals surface area contributed by atoms with E-state index in [4.69, 9.17) is 39.9 Å². The number of hydrogen-bond acceptors (Lipinski definition) is 13. The topological polar surface area (TPSA) is 240 Å². The fraction of sp³-hybridized carbons (Fsp3) is 0.375. The van der Waals surface area contributed by atoms with E-state index in [1.54, 1.807) is 26.0 Å². The lowest BCUT2D eigenvalue weighted by atomic mass is 10.0. The fourth-order valence-electron chi connectivity index (χ4n) is 4.60. The Kier molecular flexibility index (Phi) is 16.6. The van der Waals surface area contributed by atoms with Crippen LogP contribution in [-0.2, 0) is 12.8 Å². The highest BCUT2D eigenvalue weighted by atomic mass is 35.5. The number of halogens is 1. The second kappa shape index (κ2) is 19.5. The molecule has 2 aromatic heterocycles. The number of nitrogens with zero attached hydrogens (tertiary/aromatic N) is 4. The van der Waals surface area contributed by atoms with Gasteiger partial charge in [0.2, 0.25) is 0 Å². The summed E-state index contributed by atoms with van der Waals surface area (Å²) in [5.74, 6) is 6.21. The number of aryl methyl sites for hydroxylation is 6. The molecule has 0 unspecified atom stereocenters. The standard InChI is InChI=1S/C16H21N3O4.C16H18N2O3.ClH.H3NO/c1-9-7-13(16(17)18-21)14(20)11(3)15(9)22-6-4-5-12-8-10(2)19-23-12;1-10-7-13(9-17)15(19)12(3)16(10)20-6-4-5-14-8-11(2)18-21-14;;1-2/h7-8,20-21H,4-6H2,1-3H3,(H2,17,18);7-8,19H,4-6H2,1-3H3;1H;2H,1H2. The van der Waals surface area contributed by atoms with Gasteiger partial charge in [-0.25, -0.2) is 5.90 Å². The zero-order chi connectivity index (χ0) is 34.4. The maximum atomic E-state index is 10.2. The molecule has 256 valence electrons. The van der Waals surface area contributed by atoms with Crippen LogP contribution in [0.1, 0.15) is 69.1 Å². The van der Waals surface area contributed by atoms with Gasteiger partial charge in [0, 0.05) is 36.1 Å². The number of oxime groups is 1. The summed E-state index contributed by atoms with van der Waals surface area (Å²) in [5.41, 5.74) is 10.6. The van der Waals surface area contributed by atoms with E-state index in [0.29, 0.717) is 35.8 Å². The van der Waals surface area contributed by atoms with Crippen LogP contribution in [0.3, 0.4) is 0 Å². The normalized spacial score (nSPS) is 10.5. The SMILES string of the molecule is Cc1cc(CCCOc2c(C)cc(/C(N)=N/O)c(O)c2C)on1.Cc1cc(CCCOc2c(C)cc(C#N)c(O)c2C)on1.Cl.NO. The van der Waals surface area contributed by atoms with Gasteiger partial charge in [-0.15, -0.1) is 12.4 Å². The van der Waals surface area contributed by atoms with E-state index >= 15 is 0 Å². The average molecular weight is 675 g/mol. The van der Waals surface area contributed by atoms with E-state index in [2.05, 4.69) is 21.4 Å². The van der Waals surface area contributed by atoms with Gasteiger partial charge in [-0.1, -0.05) is 15.5 Å². The van der Waals surface area contributed by atoms with Crippen LogP contribution in [0.5, 0.6) is 23.0 Å². The van der Waals surface area contributed by atoms with Gasteiger partial charge in [0.05, 0.1) is 35.7 Å². The number of nitriles is 1. The lowest BCUT2D eigenvalue weighted by molar-refractivity contribution is 0.294. The van der Waals surface area contributed by atoms with Gasteiger partial charge in [-0.2, -0.15) is 5.26 Å². The molecule has 4 aromatic rings. The van der Waals surface area contributed by atoms with Crippen molar-refractivity contribution in [2.75, 3.05) is 13.2 Å². The number of benzene rings is 2. The van der Waals surface area contributed by atoms with E-state index in [9.17, 15) is 10.2 Å². The summed E-state index contributed by atoms with van der Waals surface area (Å²) in [5, 5.41) is 54.9. The Labute approximate surface area is 279 Å². The van der Waals surface area contributed by atoms with Gasteiger partial charge in [0.25, 0.3) is 0 Å². The van der Waals surface area contributed by atoms with Crippen molar-refractivity contribution in [3.05, 3.63) is 80.6 Å². The smallest absolute Gasteiger partial charge is 0.173 e. The molecule has 0 saturated carbocycles. The molecule has 2 heterocycles. The third-order valence-electron chi connectivity index (χ3n) is 6.83. The van der Waals surface area contributed by atoms with Crippen molar-refractivity contribution in [3.8, 4) is 29.1 Å². The predicted octanol–water partition coefficient (Wildman–Crippen LogP) is 5.36. The number of aromatic nitrogens is 2. The van der Waals surface area contributed by atoms with E-state index in [0.717, 1.165) is 59.7 Å². The Morgan fingerprint density at radius 3 is 1.66 bits per heavy atom. The van der Waals surface area contributed by atoms with Crippen molar-refractivity contribution in [1.82, 2.24) is 10.3 Å². The fourth-order valence-corrected chi connectivity index (χ4v) is 4.60. The molecule has 0 saturated heterocycles. The largest absolute Gasteiger partial charge is 0.507 e. The molecule has 4 rings (SSSR count). The molecule has 8 N–H and O–H groups in total. The first-order valence-corrected chi connectivity index (χ1v) is 14.4. The van der Waals surface area contributed by atoms with E-state index in [1.165, 1.54) is 0 Å². The quantitative estimate of drug-likeness (QED) is 0.0386. The van der Waals surface area contributed by atoms with Crippen molar-refractivity contribution in [2.24, 2.45) is 16.8 Å². The minimum atomic E-state index is -0.138. The molecular weight excluding hydrogens is 632 g/mol. The molecule has 2 aromatic carbocycles. The molecule has 0 radical (unpaired) electrons. The molecule has 0 aliphatic carbocycles. The second-order valence-corrected chi connectivity index (χ2v) is 10.5. The second-order valence-electron chi connectivity index (χ2n) is 10.5. The maximum absolute atomic E-state index is 10.2. The molecule has 0 amide bonds. The Balaban J connectivity index is 0.000000439. The molecular formula is C32H43ClN6O8. The summed E-state index contributed by atoms with van der Waals surface area (Å²) in [6.07, 6.45) is 3.03. The van der Waals surface area contributed by atoms with E-state index < -0.39 is 0 Å². The van der Waals surface area contributed by atoms with E-state index in [-0.39, 0.29) is 40.9 Å². The lowest BCUT2D eigenvalue weighted by Gasteiger charge is -2.15. The van der Waals surface area contributed by atoms with Crippen molar-refractivity contribution in [2.45, 2.75) is 67.2 Å². The minimum Gasteiger partial charge on any atom is -0.507 e. The third kappa shape index (κ3) is 11.1. The van der Waals surface area contributed by atoms with Crippen LogP contribution in [0.2, 0.25) is 0 Å². The Bertz CT molecular complexity index is 1660. The van der Waals surface area contributed by atoms with Crippen LogP contribution in [0.4, 0.5) is 0 Å². The minimum absolute atomic E-state index is 0. The van der Waals surface area contributed by atoms with Crippen molar-refractivity contribution >= 4 is 18.2 Å². The number of phenolic OH excluding ortho intramolecular Hbond substituents is 2. The van der Waals surface area contributed by atoms with Crippen molar-refractivity contribution < 1.29 is 39.1 Å². The Morgan fingerprint density at radius 2 is 1.26 bits per heavy atom. The molecule has 0 aliphatic heterocycles. The number of amidine groups is 1. The number of rotatable bonds is 11. The van der Waals surface area contributed by atoms with Gasteiger partial charge < -0.3 is 44.9 Å². The van der Waals surface area contributed by atoms with Crippen LogP contribution in [0.15, 0.2) is 38.5 Å². The summed E-state index contributed by atoms with van der Waals surface area (Å²) in [7, 11) is 0. The molecule has 0 aliphatic rings. The maximum Gasteiger partial charge on any atom is 0.173 e. The first kappa shape index (κ1) is 40.1. The highest BCUT2D eigenvalue weighted by molar-refractivity contribution is 6.00. The predicted molar refractivity (Wildman–Crippen MR) is 176 cm³/mol. The summed E-state index contributed by atoms with van der Waals surface area (Å²) >= 11 is 0. The summed E-state index contributed by atoms with van der Waals surface area (Å²) in [4.78, 5) is 0. The molecule has 0 bridgehead atoms. The lowest BCUT2D eigenvalue weighted by Crippen LogP contribution is -2.14. The Morgan fingerprint density at radius 1 is 0.809 bits per heavy atom. The zero-order valence-corrected chi connectivity index (χ0v) is 28.1. The van der Waals surface area contributed by atoms with Gasteiger partial charge in [0.15, 0.2) is 5.84 Å². The van der Waals surface area contributed by atoms with Crippen LogP contribution >= 0.6 is 12.4 Å². The van der Waals surface area contributed by atoms with Crippen LogP contribution in [0, 0.1) is 52.9 Å². The van der Waals surface area contributed by atoms with Crippen LogP contribution in [0.25, 0.3) is 0 Å². The number of ether oxygens (including phenoxy) is 2. The van der Waals surface area contributed by atoms with E-state index in [1.807, 2.05) is 45.9 Å². The summed E-state index contributed by atoms with van der Waals surface area (Å²) in [6, 6.07) is 9.04. The number of hydrogen-bond donors (Lipinski definition) is 6. The zero-order valence-electron chi connectivity index (χ0n) is 27.3. The molecule has 47 heavy (non-hydrogen) atoms. The van der Waals surface area contributed by atoms with Gasteiger partial charge >= 0.3 is 0 Å². The summed E-state index contributed by atoms with van der Waals surface area (Å²) in [6.45, 7) is 11.9. The first-order chi connectivity index (χ1) is 22.0. The first-order valence-electron chi connectivity index (χ1n) is 14.4. The molecule has 0 fully saturated rings. The molecule has 0 atom stereocenters. The third-order valence-corrected chi connectivity index (χ3v) is 6.83. The Hall–Kier alpha value is -4.97. The van der Waals surface area contributed by atoms with Crippen molar-refractivity contribution in [3.63, 3.8) is 0 Å². The monoisotopic (exact) mass is 674 g/mol. The van der Waals surface area contributed by atoms with Crippen LogP contribution < -0.4 is 21.1 Å². The molecule has 14 nitrogen and oxygen atoms in total. The number of aromatic hydroxyl groups is 2. The highest BCUT2D eigenvalue weighted by Gasteiger charge is 2.17. The average Bonchev–Trinajstić information content (AvgIpc) is 3.67. The molecule has 0 spiro atoms. The van der Waals surface area contributed by atoms with Gasteiger partial charge in [-0.05, 0) is 77.6 Å². The number of nitrogens with two attached hydrogens (primary N) is 2. The highest BCUT2D eigenvalue weighted by Crippen LogP contribution is 2.35. The van der Waals surface area contributed by atoms with Gasteiger partial charge in [-0.3, -0.25) is 0 Å².